The maximum absolute atomic E-state index is 6.14. The molecule has 22 heavy (non-hydrogen) atoms. The molecule has 0 radical (unpaired) electrons. The number of nitrogens with zero attached hydrogens (tertiary/aromatic N) is 1. The van der Waals surface area contributed by atoms with E-state index in [-0.39, 0.29) is 0 Å². The van der Waals surface area contributed by atoms with Crippen LogP contribution in [-0.2, 0) is 6.54 Å². The van der Waals surface area contributed by atoms with Crippen LogP contribution >= 0.6 is 0 Å². The van der Waals surface area contributed by atoms with Gasteiger partial charge in [0.15, 0.2) is 5.96 Å². The van der Waals surface area contributed by atoms with E-state index in [1.807, 2.05) is 25.1 Å². The summed E-state index contributed by atoms with van der Waals surface area (Å²) in [5.41, 5.74) is 1.10. The zero-order chi connectivity index (χ0) is 15.6. The van der Waals surface area contributed by atoms with Crippen molar-refractivity contribution in [1.29, 1.82) is 0 Å². The number of para-hydroxylation sites is 1. The van der Waals surface area contributed by atoms with Crippen molar-refractivity contribution in [2.45, 2.75) is 45.3 Å². The molecule has 0 aliphatic heterocycles. The lowest BCUT2D eigenvalue weighted by molar-refractivity contribution is 0.208. The van der Waals surface area contributed by atoms with Gasteiger partial charge in [0.05, 0.1) is 19.2 Å². The van der Waals surface area contributed by atoms with Crippen LogP contribution in [0.2, 0.25) is 0 Å². The van der Waals surface area contributed by atoms with E-state index < -0.39 is 0 Å². The van der Waals surface area contributed by atoms with Gasteiger partial charge >= 0.3 is 0 Å². The van der Waals surface area contributed by atoms with Gasteiger partial charge in [-0.15, -0.1) is 6.42 Å². The fraction of sp³-hybridized carbons (Fsp3) is 0.500. The van der Waals surface area contributed by atoms with Crippen molar-refractivity contribution < 1.29 is 4.74 Å². The third-order valence-electron chi connectivity index (χ3n) is 3.68. The Labute approximate surface area is 133 Å². The molecule has 2 N–H and O–H groups in total. The second-order valence-corrected chi connectivity index (χ2v) is 5.38. The van der Waals surface area contributed by atoms with Crippen molar-refractivity contribution in [2.24, 2.45) is 4.99 Å². The molecule has 0 aromatic heterocycles. The maximum atomic E-state index is 6.14. The first-order valence-electron chi connectivity index (χ1n) is 8.03. The average Bonchev–Trinajstić information content (AvgIpc) is 3.04. The molecular formula is C18H25N3O. The van der Waals surface area contributed by atoms with Gasteiger partial charge in [0.25, 0.3) is 0 Å². The molecule has 0 amide bonds. The SMILES string of the molecule is C#CCNC(=NCc1ccccc1OC1CCCC1)NCC. The van der Waals surface area contributed by atoms with Crippen molar-refractivity contribution in [2.75, 3.05) is 13.1 Å². The minimum Gasteiger partial charge on any atom is -0.490 e. The predicted molar refractivity (Wildman–Crippen MR) is 91.0 cm³/mol. The molecular weight excluding hydrogens is 274 g/mol. The van der Waals surface area contributed by atoms with E-state index in [0.29, 0.717) is 19.2 Å². The number of terminal acetylenes is 1. The molecule has 0 atom stereocenters. The molecule has 4 heteroatoms. The second kappa shape index (κ2) is 8.99. The lowest BCUT2D eigenvalue weighted by atomic mass is 10.2. The van der Waals surface area contributed by atoms with Crippen LogP contribution in [0.4, 0.5) is 0 Å². The minimum absolute atomic E-state index is 0.359. The van der Waals surface area contributed by atoms with Crippen LogP contribution in [0, 0.1) is 12.3 Å². The van der Waals surface area contributed by atoms with Crippen LogP contribution in [-0.4, -0.2) is 25.2 Å². The molecule has 1 saturated carbocycles. The Morgan fingerprint density at radius 2 is 2.09 bits per heavy atom. The van der Waals surface area contributed by atoms with Crippen LogP contribution in [0.3, 0.4) is 0 Å². The van der Waals surface area contributed by atoms with Crippen molar-refractivity contribution in [1.82, 2.24) is 10.6 Å². The Kier molecular flexibility index (Phi) is 6.63. The van der Waals surface area contributed by atoms with Gasteiger partial charge in [-0.25, -0.2) is 4.99 Å². The first-order valence-corrected chi connectivity index (χ1v) is 8.03. The molecule has 2 rings (SSSR count). The fourth-order valence-electron chi connectivity index (χ4n) is 2.58. The molecule has 1 aliphatic carbocycles. The molecule has 0 spiro atoms. The van der Waals surface area contributed by atoms with E-state index in [2.05, 4.69) is 27.6 Å². The Hall–Kier alpha value is -2.15. The number of benzene rings is 1. The third kappa shape index (κ3) is 5.00. The zero-order valence-corrected chi connectivity index (χ0v) is 13.3. The highest BCUT2D eigenvalue weighted by atomic mass is 16.5. The van der Waals surface area contributed by atoms with Gasteiger partial charge in [0.2, 0.25) is 0 Å². The van der Waals surface area contributed by atoms with Gasteiger partial charge in [-0.1, -0.05) is 24.1 Å². The Bertz CT molecular complexity index is 527. The summed E-state index contributed by atoms with van der Waals surface area (Å²) in [6.07, 6.45) is 10.5. The van der Waals surface area contributed by atoms with Crippen molar-refractivity contribution in [3.63, 3.8) is 0 Å². The van der Waals surface area contributed by atoms with Gasteiger partial charge in [-0.2, -0.15) is 0 Å². The van der Waals surface area contributed by atoms with Gasteiger partial charge in [0.1, 0.15) is 5.75 Å². The van der Waals surface area contributed by atoms with E-state index >= 15 is 0 Å². The van der Waals surface area contributed by atoms with Crippen molar-refractivity contribution >= 4 is 5.96 Å². The molecule has 1 aromatic carbocycles. The summed E-state index contributed by atoms with van der Waals surface area (Å²) >= 11 is 0. The normalized spacial score (nSPS) is 15.4. The predicted octanol–water partition coefficient (Wildman–Crippen LogP) is 2.70. The Morgan fingerprint density at radius 3 is 2.82 bits per heavy atom. The Morgan fingerprint density at radius 1 is 1.32 bits per heavy atom. The van der Waals surface area contributed by atoms with E-state index in [1.165, 1.54) is 12.8 Å². The Balaban J connectivity index is 2.02. The summed E-state index contributed by atoms with van der Waals surface area (Å²) in [6.45, 7) is 3.87. The molecule has 4 nitrogen and oxygen atoms in total. The van der Waals surface area contributed by atoms with Crippen LogP contribution in [0.15, 0.2) is 29.3 Å². The lowest BCUT2D eigenvalue weighted by Gasteiger charge is -2.16. The van der Waals surface area contributed by atoms with Crippen LogP contribution < -0.4 is 15.4 Å². The number of aliphatic imine (C=N–C) groups is 1. The largest absolute Gasteiger partial charge is 0.490 e. The van der Waals surface area contributed by atoms with Gasteiger partial charge in [0, 0.05) is 12.1 Å². The summed E-state index contributed by atoms with van der Waals surface area (Å²) in [4.78, 5) is 4.58. The summed E-state index contributed by atoms with van der Waals surface area (Å²) in [6, 6.07) is 8.14. The van der Waals surface area contributed by atoms with E-state index in [1.54, 1.807) is 0 Å². The number of guanidine groups is 1. The van der Waals surface area contributed by atoms with Crippen LogP contribution in [0.5, 0.6) is 5.75 Å². The number of ether oxygens (including phenoxy) is 1. The van der Waals surface area contributed by atoms with Gasteiger partial charge in [-0.05, 0) is 38.7 Å². The molecule has 118 valence electrons. The summed E-state index contributed by atoms with van der Waals surface area (Å²) in [7, 11) is 0. The van der Waals surface area contributed by atoms with Gasteiger partial charge in [-0.3, -0.25) is 0 Å². The number of rotatable bonds is 6. The smallest absolute Gasteiger partial charge is 0.192 e. The summed E-state index contributed by atoms with van der Waals surface area (Å²) in [5.74, 6) is 4.24. The molecule has 1 fully saturated rings. The minimum atomic E-state index is 0.359. The van der Waals surface area contributed by atoms with E-state index in [4.69, 9.17) is 11.2 Å². The highest BCUT2D eigenvalue weighted by molar-refractivity contribution is 5.80. The number of hydrogen-bond acceptors (Lipinski definition) is 2. The molecule has 1 aliphatic rings. The number of hydrogen-bond donors (Lipinski definition) is 2. The summed E-state index contributed by atoms with van der Waals surface area (Å²) < 4.78 is 6.14. The van der Waals surface area contributed by atoms with Crippen LogP contribution in [0.1, 0.15) is 38.2 Å². The maximum Gasteiger partial charge on any atom is 0.192 e. The molecule has 0 saturated heterocycles. The molecule has 0 heterocycles. The van der Waals surface area contributed by atoms with E-state index in [9.17, 15) is 0 Å². The first kappa shape index (κ1) is 16.2. The van der Waals surface area contributed by atoms with Gasteiger partial charge < -0.3 is 15.4 Å². The second-order valence-electron chi connectivity index (χ2n) is 5.38. The van der Waals surface area contributed by atoms with Crippen LogP contribution in [0.25, 0.3) is 0 Å². The monoisotopic (exact) mass is 299 g/mol. The fourth-order valence-corrected chi connectivity index (χ4v) is 2.58. The van der Waals surface area contributed by atoms with Crippen molar-refractivity contribution in [3.8, 4) is 18.1 Å². The quantitative estimate of drug-likeness (QED) is 0.482. The standard InChI is InChI=1S/C18H25N3O/c1-3-13-20-18(19-4-2)21-14-15-9-5-8-12-17(15)22-16-10-6-7-11-16/h1,5,8-9,12,16H,4,6-7,10-11,13-14H2,2H3,(H2,19,20,21). The molecule has 0 unspecified atom stereocenters. The molecule has 1 aromatic rings. The lowest BCUT2D eigenvalue weighted by Crippen LogP contribution is -2.37. The number of nitrogens with one attached hydrogen (secondary N) is 2. The third-order valence-corrected chi connectivity index (χ3v) is 3.68. The molecule has 0 bridgehead atoms. The highest BCUT2D eigenvalue weighted by Gasteiger charge is 2.17. The zero-order valence-electron chi connectivity index (χ0n) is 13.3. The van der Waals surface area contributed by atoms with Crippen molar-refractivity contribution in [3.05, 3.63) is 29.8 Å². The summed E-state index contributed by atoms with van der Waals surface area (Å²) in [5, 5.41) is 6.28. The first-order chi connectivity index (χ1) is 10.8. The topological polar surface area (TPSA) is 45.7 Å². The average molecular weight is 299 g/mol. The highest BCUT2D eigenvalue weighted by Crippen LogP contribution is 2.26. The van der Waals surface area contributed by atoms with E-state index in [0.717, 1.165) is 36.7 Å².